The Bertz CT molecular complexity index is 384. The molecular weight excluding hydrogens is 273 g/mol. The zero-order valence-corrected chi connectivity index (χ0v) is 10.8. The lowest BCUT2D eigenvalue weighted by molar-refractivity contribution is 0.240. The Balaban J connectivity index is 2.33. The molecule has 0 spiro atoms. The van der Waals surface area contributed by atoms with Crippen molar-refractivity contribution in [3.05, 3.63) is 28.0 Å². The molecule has 1 aromatic rings. The van der Waals surface area contributed by atoms with Crippen LogP contribution in [0.15, 0.2) is 16.6 Å². The third kappa shape index (κ3) is 2.23. The maximum Gasteiger partial charge on any atom is 0.165 e. The van der Waals surface area contributed by atoms with Gasteiger partial charge in [0.2, 0.25) is 0 Å². The summed E-state index contributed by atoms with van der Waals surface area (Å²) in [4.78, 5) is 0. The quantitative estimate of drug-likeness (QED) is 0.920. The topological polar surface area (TPSA) is 21.3 Å². The van der Waals surface area contributed by atoms with Gasteiger partial charge in [-0.25, -0.2) is 4.39 Å². The SMILES string of the molecule is CCCNC1CCOc2c(F)ccc(Br)c21. The average molecular weight is 288 g/mol. The molecule has 0 saturated heterocycles. The van der Waals surface area contributed by atoms with Gasteiger partial charge in [0.1, 0.15) is 0 Å². The largest absolute Gasteiger partial charge is 0.490 e. The highest BCUT2D eigenvalue weighted by molar-refractivity contribution is 9.10. The van der Waals surface area contributed by atoms with Gasteiger partial charge in [0.15, 0.2) is 11.6 Å². The molecule has 0 amide bonds. The van der Waals surface area contributed by atoms with E-state index in [0.717, 1.165) is 29.4 Å². The van der Waals surface area contributed by atoms with Gasteiger partial charge in [-0.1, -0.05) is 22.9 Å². The summed E-state index contributed by atoms with van der Waals surface area (Å²) >= 11 is 3.46. The summed E-state index contributed by atoms with van der Waals surface area (Å²) in [6.07, 6.45) is 1.95. The highest BCUT2D eigenvalue weighted by atomic mass is 79.9. The van der Waals surface area contributed by atoms with Gasteiger partial charge in [0.25, 0.3) is 0 Å². The molecular formula is C12H15BrFNO. The minimum absolute atomic E-state index is 0.189. The molecule has 0 aliphatic carbocycles. The molecule has 2 rings (SSSR count). The van der Waals surface area contributed by atoms with Gasteiger partial charge in [-0.3, -0.25) is 0 Å². The van der Waals surface area contributed by atoms with E-state index in [1.54, 1.807) is 6.07 Å². The summed E-state index contributed by atoms with van der Waals surface area (Å²) in [6.45, 7) is 3.63. The predicted octanol–water partition coefficient (Wildman–Crippen LogP) is 3.41. The summed E-state index contributed by atoms with van der Waals surface area (Å²) in [6, 6.07) is 3.36. The lowest BCUT2D eigenvalue weighted by atomic mass is 10.00. The molecule has 0 fully saturated rings. The minimum Gasteiger partial charge on any atom is -0.490 e. The number of rotatable bonds is 3. The fourth-order valence-corrected chi connectivity index (χ4v) is 2.55. The summed E-state index contributed by atoms with van der Waals surface area (Å²) in [5, 5.41) is 3.42. The van der Waals surface area contributed by atoms with E-state index < -0.39 is 0 Å². The highest BCUT2D eigenvalue weighted by Crippen LogP contribution is 2.39. The number of benzene rings is 1. The molecule has 88 valence electrons. The third-order valence-electron chi connectivity index (χ3n) is 2.74. The van der Waals surface area contributed by atoms with Crippen molar-refractivity contribution in [2.45, 2.75) is 25.8 Å². The maximum atomic E-state index is 13.6. The maximum absolute atomic E-state index is 13.6. The number of ether oxygens (including phenoxy) is 1. The Morgan fingerprint density at radius 1 is 1.56 bits per heavy atom. The van der Waals surface area contributed by atoms with Crippen molar-refractivity contribution in [2.75, 3.05) is 13.2 Å². The molecule has 1 aromatic carbocycles. The average Bonchev–Trinajstić information content (AvgIpc) is 2.31. The summed E-state index contributed by atoms with van der Waals surface area (Å²) < 4.78 is 19.9. The molecule has 1 atom stereocenters. The number of hydrogen-bond acceptors (Lipinski definition) is 2. The fourth-order valence-electron chi connectivity index (χ4n) is 1.97. The molecule has 1 unspecified atom stereocenters. The zero-order chi connectivity index (χ0) is 11.5. The number of hydrogen-bond donors (Lipinski definition) is 1. The van der Waals surface area contributed by atoms with Crippen molar-refractivity contribution in [1.82, 2.24) is 5.32 Å². The van der Waals surface area contributed by atoms with E-state index >= 15 is 0 Å². The van der Waals surface area contributed by atoms with Crippen LogP contribution < -0.4 is 10.1 Å². The standard InChI is InChI=1S/C12H15BrFNO/c1-2-6-15-10-5-7-16-12-9(14)4-3-8(13)11(10)12/h3-4,10,15H,2,5-7H2,1H3. The van der Waals surface area contributed by atoms with Gasteiger partial charge in [0.05, 0.1) is 6.61 Å². The molecule has 0 bridgehead atoms. The van der Waals surface area contributed by atoms with Crippen LogP contribution in [0.25, 0.3) is 0 Å². The Hall–Kier alpha value is -0.610. The van der Waals surface area contributed by atoms with Crippen molar-refractivity contribution < 1.29 is 9.13 Å². The molecule has 1 aliphatic rings. The first-order valence-corrected chi connectivity index (χ1v) is 6.37. The molecule has 0 radical (unpaired) electrons. The van der Waals surface area contributed by atoms with Crippen LogP contribution >= 0.6 is 15.9 Å². The van der Waals surface area contributed by atoms with Crippen LogP contribution in [0, 0.1) is 5.82 Å². The van der Waals surface area contributed by atoms with E-state index in [1.165, 1.54) is 6.07 Å². The molecule has 0 saturated carbocycles. The predicted molar refractivity (Wildman–Crippen MR) is 65.2 cm³/mol. The van der Waals surface area contributed by atoms with Crippen LogP contribution in [0.4, 0.5) is 4.39 Å². The van der Waals surface area contributed by atoms with Crippen molar-refractivity contribution in [3.63, 3.8) is 0 Å². The van der Waals surface area contributed by atoms with Gasteiger partial charge in [-0.05, 0) is 25.1 Å². The van der Waals surface area contributed by atoms with Crippen molar-refractivity contribution >= 4 is 15.9 Å². The molecule has 1 heterocycles. The van der Waals surface area contributed by atoms with E-state index in [4.69, 9.17) is 4.74 Å². The Morgan fingerprint density at radius 3 is 3.12 bits per heavy atom. The fraction of sp³-hybridized carbons (Fsp3) is 0.500. The molecule has 0 aromatic heterocycles. The zero-order valence-electron chi connectivity index (χ0n) is 9.22. The van der Waals surface area contributed by atoms with E-state index in [2.05, 4.69) is 28.2 Å². The Morgan fingerprint density at radius 2 is 2.38 bits per heavy atom. The van der Waals surface area contributed by atoms with Crippen LogP contribution in [0.5, 0.6) is 5.75 Å². The van der Waals surface area contributed by atoms with Crippen molar-refractivity contribution in [2.24, 2.45) is 0 Å². The van der Waals surface area contributed by atoms with Crippen molar-refractivity contribution in [1.29, 1.82) is 0 Å². The molecule has 4 heteroatoms. The summed E-state index contributed by atoms with van der Waals surface area (Å²) in [5.41, 5.74) is 0.916. The summed E-state index contributed by atoms with van der Waals surface area (Å²) in [5.74, 6) is 0.121. The van der Waals surface area contributed by atoms with Gasteiger partial charge in [0, 0.05) is 22.5 Å². The van der Waals surface area contributed by atoms with Crippen molar-refractivity contribution in [3.8, 4) is 5.75 Å². The minimum atomic E-state index is -0.277. The third-order valence-corrected chi connectivity index (χ3v) is 3.43. The van der Waals surface area contributed by atoms with Crippen LogP contribution in [-0.4, -0.2) is 13.2 Å². The van der Waals surface area contributed by atoms with Crippen LogP contribution in [0.2, 0.25) is 0 Å². The van der Waals surface area contributed by atoms with Gasteiger partial charge < -0.3 is 10.1 Å². The molecule has 2 nitrogen and oxygen atoms in total. The lowest BCUT2D eigenvalue weighted by Crippen LogP contribution is -2.28. The van der Waals surface area contributed by atoms with Crippen LogP contribution in [0.1, 0.15) is 31.4 Å². The van der Waals surface area contributed by atoms with Crippen LogP contribution in [0.3, 0.4) is 0 Å². The normalized spacial score (nSPS) is 19.1. The monoisotopic (exact) mass is 287 g/mol. The molecule has 1 N–H and O–H groups in total. The van der Waals surface area contributed by atoms with E-state index in [-0.39, 0.29) is 11.9 Å². The molecule has 16 heavy (non-hydrogen) atoms. The molecule has 1 aliphatic heterocycles. The number of halogens is 2. The van der Waals surface area contributed by atoms with Gasteiger partial charge in [-0.2, -0.15) is 0 Å². The van der Waals surface area contributed by atoms with E-state index in [1.807, 2.05) is 0 Å². The first kappa shape index (κ1) is 11.9. The lowest BCUT2D eigenvalue weighted by Gasteiger charge is -2.28. The van der Waals surface area contributed by atoms with Gasteiger partial charge >= 0.3 is 0 Å². The first-order valence-electron chi connectivity index (χ1n) is 5.58. The number of fused-ring (bicyclic) bond motifs is 1. The summed E-state index contributed by atoms with van der Waals surface area (Å²) in [7, 11) is 0. The second kappa shape index (κ2) is 5.15. The Labute approximate surface area is 103 Å². The second-order valence-corrected chi connectivity index (χ2v) is 4.77. The van der Waals surface area contributed by atoms with Crippen LogP contribution in [-0.2, 0) is 0 Å². The smallest absolute Gasteiger partial charge is 0.165 e. The van der Waals surface area contributed by atoms with E-state index in [0.29, 0.717) is 12.4 Å². The van der Waals surface area contributed by atoms with Gasteiger partial charge in [-0.15, -0.1) is 0 Å². The Kier molecular flexibility index (Phi) is 3.82. The van der Waals surface area contributed by atoms with E-state index in [9.17, 15) is 4.39 Å². The second-order valence-electron chi connectivity index (χ2n) is 3.92. The highest BCUT2D eigenvalue weighted by Gasteiger charge is 2.25. The first-order chi connectivity index (χ1) is 7.74. The number of nitrogens with one attached hydrogen (secondary N) is 1.